The molecule has 0 atom stereocenters. The van der Waals surface area contributed by atoms with Crippen LogP contribution >= 0.6 is 0 Å². The van der Waals surface area contributed by atoms with E-state index in [-0.39, 0.29) is 17.9 Å². The summed E-state index contributed by atoms with van der Waals surface area (Å²) < 4.78 is 31.0. The van der Waals surface area contributed by atoms with Crippen molar-refractivity contribution in [2.24, 2.45) is 5.92 Å². The monoisotopic (exact) mass is 291 g/mol. The summed E-state index contributed by atoms with van der Waals surface area (Å²) in [5.41, 5.74) is 0. The van der Waals surface area contributed by atoms with Crippen molar-refractivity contribution in [3.63, 3.8) is 0 Å². The molecule has 5 nitrogen and oxygen atoms in total. The van der Waals surface area contributed by atoms with Crippen molar-refractivity contribution in [1.29, 1.82) is 0 Å². The highest BCUT2D eigenvalue weighted by atomic mass is 32.2. The summed E-state index contributed by atoms with van der Waals surface area (Å²) in [7, 11) is -3.31. The number of sulfonamides is 1. The minimum atomic E-state index is -3.31. The maximum absolute atomic E-state index is 12.0. The molecule has 1 rings (SSSR count). The highest BCUT2D eigenvalue weighted by molar-refractivity contribution is 7.90. The van der Waals surface area contributed by atoms with E-state index in [1.54, 1.807) is 27.7 Å². The van der Waals surface area contributed by atoms with E-state index in [0.717, 1.165) is 0 Å². The zero-order valence-corrected chi connectivity index (χ0v) is 13.0. The molecule has 0 aliphatic heterocycles. The molecule has 1 saturated carbocycles. The van der Waals surface area contributed by atoms with Crippen LogP contribution in [0.1, 0.15) is 53.4 Å². The number of hydrogen-bond donors (Lipinski definition) is 1. The first-order valence-electron chi connectivity index (χ1n) is 6.86. The Hall–Kier alpha value is -0.620. The smallest absolute Gasteiger partial charge is 0.308 e. The molecule has 6 heteroatoms. The van der Waals surface area contributed by atoms with Gasteiger partial charge in [-0.1, -0.05) is 0 Å². The highest BCUT2D eigenvalue weighted by Gasteiger charge is 2.34. The van der Waals surface area contributed by atoms with Gasteiger partial charge < -0.3 is 4.74 Å². The number of carbonyl (C=O) groups excluding carboxylic acids is 1. The van der Waals surface area contributed by atoms with Crippen molar-refractivity contribution >= 4 is 16.0 Å². The molecule has 0 radical (unpaired) electrons. The third-order valence-electron chi connectivity index (χ3n) is 3.48. The molecule has 112 valence electrons. The Morgan fingerprint density at radius 1 is 1.21 bits per heavy atom. The quantitative estimate of drug-likeness (QED) is 0.802. The molecule has 1 fully saturated rings. The van der Waals surface area contributed by atoms with Crippen molar-refractivity contribution in [2.45, 2.75) is 64.2 Å². The fraction of sp³-hybridized carbons (Fsp3) is 0.923. The van der Waals surface area contributed by atoms with Crippen LogP contribution in [0.5, 0.6) is 0 Å². The van der Waals surface area contributed by atoms with Crippen molar-refractivity contribution in [1.82, 2.24) is 4.72 Å². The fourth-order valence-electron chi connectivity index (χ4n) is 2.10. The molecular formula is C13H25NO4S. The summed E-state index contributed by atoms with van der Waals surface area (Å²) in [6.07, 6.45) is 2.77. The van der Waals surface area contributed by atoms with Crippen LogP contribution in [0.25, 0.3) is 0 Å². The second-order valence-electron chi connectivity index (χ2n) is 6.03. The van der Waals surface area contributed by atoms with Crippen LogP contribution in [0.3, 0.4) is 0 Å². The predicted octanol–water partition coefficient (Wildman–Crippen LogP) is 1.83. The molecular weight excluding hydrogens is 266 g/mol. The van der Waals surface area contributed by atoms with E-state index in [1.807, 2.05) is 0 Å². The van der Waals surface area contributed by atoms with Gasteiger partial charge in [0.25, 0.3) is 0 Å². The summed E-state index contributed by atoms with van der Waals surface area (Å²) >= 11 is 0. The average molecular weight is 291 g/mol. The van der Waals surface area contributed by atoms with Crippen LogP contribution in [-0.2, 0) is 19.6 Å². The van der Waals surface area contributed by atoms with Crippen molar-refractivity contribution in [3.8, 4) is 0 Å². The zero-order chi connectivity index (χ0) is 14.7. The van der Waals surface area contributed by atoms with Gasteiger partial charge in [-0.05, 0) is 53.4 Å². The molecule has 0 spiro atoms. The summed E-state index contributed by atoms with van der Waals surface area (Å²) in [6.45, 7) is 7.23. The molecule has 1 aliphatic carbocycles. The lowest BCUT2D eigenvalue weighted by molar-refractivity contribution is -0.149. The van der Waals surface area contributed by atoms with Crippen LogP contribution in [0.2, 0.25) is 0 Å². The summed E-state index contributed by atoms with van der Waals surface area (Å²) in [5.74, 6) is -0.227. The first-order chi connectivity index (χ1) is 8.67. The second kappa shape index (κ2) is 6.22. The maximum atomic E-state index is 12.0. The summed E-state index contributed by atoms with van der Waals surface area (Å²) in [6, 6.07) is -0.0603. The van der Waals surface area contributed by atoms with E-state index < -0.39 is 14.8 Å². The third-order valence-corrected chi connectivity index (χ3v) is 5.73. The van der Waals surface area contributed by atoms with E-state index in [9.17, 15) is 13.2 Å². The van der Waals surface area contributed by atoms with E-state index in [0.29, 0.717) is 32.3 Å². The number of hydrogen-bond acceptors (Lipinski definition) is 4. The van der Waals surface area contributed by atoms with Crippen molar-refractivity contribution in [2.75, 3.05) is 6.61 Å². The van der Waals surface area contributed by atoms with Crippen molar-refractivity contribution < 1.29 is 17.9 Å². The molecule has 0 amide bonds. The van der Waals surface area contributed by atoms with Gasteiger partial charge in [0.05, 0.1) is 17.3 Å². The van der Waals surface area contributed by atoms with Crippen molar-refractivity contribution in [3.05, 3.63) is 0 Å². The van der Waals surface area contributed by atoms with Gasteiger partial charge in [0.15, 0.2) is 0 Å². The number of nitrogens with one attached hydrogen (secondary N) is 1. The van der Waals surface area contributed by atoms with Gasteiger partial charge in [0.1, 0.15) is 0 Å². The first kappa shape index (κ1) is 16.4. The topological polar surface area (TPSA) is 72.5 Å². The van der Waals surface area contributed by atoms with Crippen LogP contribution in [0.4, 0.5) is 0 Å². The molecule has 0 saturated heterocycles. The SMILES string of the molecule is CCOC(=O)C1CCC(NS(=O)(=O)C(C)(C)C)CC1. The van der Waals surface area contributed by atoms with E-state index in [2.05, 4.69) is 4.72 Å². The van der Waals surface area contributed by atoms with E-state index >= 15 is 0 Å². The number of rotatable bonds is 4. The largest absolute Gasteiger partial charge is 0.466 e. The number of ether oxygens (including phenoxy) is 1. The van der Waals surface area contributed by atoms with Crippen LogP contribution in [-0.4, -0.2) is 31.8 Å². The molecule has 0 aromatic heterocycles. The molecule has 0 heterocycles. The zero-order valence-electron chi connectivity index (χ0n) is 12.2. The molecule has 0 aromatic carbocycles. The standard InChI is InChI=1S/C13H25NO4S/c1-5-18-12(15)10-6-8-11(9-7-10)14-19(16,17)13(2,3)4/h10-11,14H,5-9H2,1-4H3. The molecule has 1 N–H and O–H groups in total. The van der Waals surface area contributed by atoms with Crippen LogP contribution in [0.15, 0.2) is 0 Å². The minimum Gasteiger partial charge on any atom is -0.466 e. The van der Waals surface area contributed by atoms with Crippen LogP contribution < -0.4 is 4.72 Å². The van der Waals surface area contributed by atoms with Crippen LogP contribution in [0, 0.1) is 5.92 Å². The number of carbonyl (C=O) groups is 1. The van der Waals surface area contributed by atoms with Gasteiger partial charge in [-0.25, -0.2) is 13.1 Å². The van der Waals surface area contributed by atoms with Gasteiger partial charge >= 0.3 is 5.97 Å². The highest BCUT2D eigenvalue weighted by Crippen LogP contribution is 2.27. The van der Waals surface area contributed by atoms with Gasteiger partial charge in [0, 0.05) is 6.04 Å². The molecule has 0 aromatic rings. The predicted molar refractivity (Wildman–Crippen MR) is 74.2 cm³/mol. The Labute approximate surface area is 116 Å². The van der Waals surface area contributed by atoms with E-state index in [1.165, 1.54) is 0 Å². The number of esters is 1. The summed E-state index contributed by atoms with van der Waals surface area (Å²) in [4.78, 5) is 11.6. The Morgan fingerprint density at radius 3 is 2.16 bits per heavy atom. The Bertz CT molecular complexity index is 403. The summed E-state index contributed by atoms with van der Waals surface area (Å²) in [5, 5.41) is 0. The van der Waals surface area contributed by atoms with Gasteiger partial charge in [0.2, 0.25) is 10.0 Å². The van der Waals surface area contributed by atoms with Gasteiger partial charge in [-0.2, -0.15) is 0 Å². The lowest BCUT2D eigenvalue weighted by atomic mass is 9.86. The lowest BCUT2D eigenvalue weighted by Crippen LogP contribution is -2.46. The molecule has 19 heavy (non-hydrogen) atoms. The molecule has 0 unspecified atom stereocenters. The fourth-order valence-corrected chi connectivity index (χ4v) is 3.13. The second-order valence-corrected chi connectivity index (χ2v) is 8.50. The molecule has 0 bridgehead atoms. The van der Waals surface area contributed by atoms with E-state index in [4.69, 9.17) is 4.74 Å². The average Bonchev–Trinajstić information content (AvgIpc) is 2.28. The van der Waals surface area contributed by atoms with Gasteiger partial charge in [-0.3, -0.25) is 4.79 Å². The Morgan fingerprint density at radius 2 is 1.74 bits per heavy atom. The normalized spacial score (nSPS) is 25.1. The van der Waals surface area contributed by atoms with Gasteiger partial charge in [-0.15, -0.1) is 0 Å². The minimum absolute atomic E-state index is 0.0603. The molecule has 1 aliphatic rings. The maximum Gasteiger partial charge on any atom is 0.308 e. The Balaban J connectivity index is 2.50. The Kier molecular flexibility index (Phi) is 5.38. The first-order valence-corrected chi connectivity index (χ1v) is 8.34. The lowest BCUT2D eigenvalue weighted by Gasteiger charge is -2.30. The third kappa shape index (κ3) is 4.45.